The maximum Gasteiger partial charge on any atom is 0.244 e. The molecule has 1 atom stereocenters. The Labute approximate surface area is 101 Å². The molecule has 1 aromatic rings. The Morgan fingerprint density at radius 1 is 1.53 bits per heavy atom. The second-order valence-electron chi connectivity index (χ2n) is 4.59. The Bertz CT molecular complexity index is 389. The number of hydrogen-bond acceptors (Lipinski definition) is 4. The van der Waals surface area contributed by atoms with Gasteiger partial charge in [-0.1, -0.05) is 12.8 Å². The number of aromatic nitrogens is 3. The minimum Gasteiger partial charge on any atom is -0.367 e. The molecule has 1 aliphatic heterocycles. The SMILES string of the molecule is CC1CCCCCN1C(=O)Cn1cnc(N)n1. The van der Waals surface area contributed by atoms with Crippen LogP contribution in [-0.4, -0.2) is 38.2 Å². The molecule has 17 heavy (non-hydrogen) atoms. The largest absolute Gasteiger partial charge is 0.367 e. The van der Waals surface area contributed by atoms with Gasteiger partial charge in [0.15, 0.2) is 0 Å². The monoisotopic (exact) mass is 237 g/mol. The van der Waals surface area contributed by atoms with E-state index in [1.54, 1.807) is 0 Å². The number of likely N-dealkylation sites (tertiary alicyclic amines) is 1. The van der Waals surface area contributed by atoms with Crippen LogP contribution in [0.3, 0.4) is 0 Å². The number of anilines is 1. The summed E-state index contributed by atoms with van der Waals surface area (Å²) in [5, 5.41) is 3.93. The Balaban J connectivity index is 1.98. The van der Waals surface area contributed by atoms with Crippen molar-refractivity contribution in [1.29, 1.82) is 0 Å². The molecule has 0 aromatic carbocycles. The molecule has 0 bridgehead atoms. The van der Waals surface area contributed by atoms with Gasteiger partial charge in [0.25, 0.3) is 0 Å². The highest BCUT2D eigenvalue weighted by molar-refractivity contribution is 5.76. The topological polar surface area (TPSA) is 77.0 Å². The van der Waals surface area contributed by atoms with Crippen molar-refractivity contribution in [2.24, 2.45) is 0 Å². The third-order valence-electron chi connectivity index (χ3n) is 3.22. The molecular formula is C11H19N5O. The lowest BCUT2D eigenvalue weighted by molar-refractivity contribution is -0.133. The molecule has 2 N–H and O–H groups in total. The van der Waals surface area contributed by atoms with E-state index in [1.165, 1.54) is 23.9 Å². The molecule has 1 amide bonds. The zero-order chi connectivity index (χ0) is 12.3. The van der Waals surface area contributed by atoms with Crippen molar-refractivity contribution >= 4 is 11.9 Å². The number of nitrogens with zero attached hydrogens (tertiary/aromatic N) is 4. The van der Waals surface area contributed by atoms with Crippen molar-refractivity contribution in [3.05, 3.63) is 6.33 Å². The molecule has 0 aliphatic carbocycles. The molecule has 1 fully saturated rings. The van der Waals surface area contributed by atoms with E-state index in [4.69, 9.17) is 5.73 Å². The predicted molar refractivity (Wildman–Crippen MR) is 64.1 cm³/mol. The molecule has 1 saturated heterocycles. The Kier molecular flexibility index (Phi) is 3.61. The number of carbonyl (C=O) groups is 1. The second-order valence-corrected chi connectivity index (χ2v) is 4.59. The van der Waals surface area contributed by atoms with Gasteiger partial charge in [0.1, 0.15) is 12.9 Å². The maximum atomic E-state index is 12.1. The molecule has 1 unspecified atom stereocenters. The van der Waals surface area contributed by atoms with Crippen LogP contribution in [0.5, 0.6) is 0 Å². The maximum absolute atomic E-state index is 12.1. The molecule has 94 valence electrons. The van der Waals surface area contributed by atoms with E-state index in [0.29, 0.717) is 6.04 Å². The lowest BCUT2D eigenvalue weighted by Gasteiger charge is -2.27. The summed E-state index contributed by atoms with van der Waals surface area (Å²) in [6.07, 6.45) is 6.10. The summed E-state index contributed by atoms with van der Waals surface area (Å²) < 4.78 is 1.50. The van der Waals surface area contributed by atoms with Crippen LogP contribution in [0.15, 0.2) is 6.33 Å². The standard InChI is InChI=1S/C11H19N5O/c1-9-5-3-2-4-6-16(9)10(17)7-15-8-13-11(12)14-15/h8-9H,2-7H2,1H3,(H2,12,14). The Hall–Kier alpha value is -1.59. The number of carbonyl (C=O) groups excluding carboxylic acids is 1. The highest BCUT2D eigenvalue weighted by Gasteiger charge is 2.22. The summed E-state index contributed by atoms with van der Waals surface area (Å²) in [5.41, 5.74) is 5.42. The first-order chi connectivity index (χ1) is 8.16. The van der Waals surface area contributed by atoms with E-state index in [1.807, 2.05) is 4.90 Å². The van der Waals surface area contributed by atoms with Crippen LogP contribution in [0.1, 0.15) is 32.6 Å². The molecule has 1 aromatic heterocycles. The lowest BCUT2D eigenvalue weighted by Crippen LogP contribution is -2.40. The third-order valence-corrected chi connectivity index (χ3v) is 3.22. The first kappa shape index (κ1) is 11.9. The molecule has 6 heteroatoms. The van der Waals surface area contributed by atoms with Gasteiger partial charge < -0.3 is 10.6 Å². The van der Waals surface area contributed by atoms with E-state index < -0.39 is 0 Å². The van der Waals surface area contributed by atoms with Crippen LogP contribution >= 0.6 is 0 Å². The number of nitrogen functional groups attached to an aromatic ring is 1. The van der Waals surface area contributed by atoms with Crippen molar-refractivity contribution < 1.29 is 4.79 Å². The van der Waals surface area contributed by atoms with Crippen LogP contribution < -0.4 is 5.73 Å². The highest BCUT2D eigenvalue weighted by Crippen LogP contribution is 2.16. The summed E-state index contributed by atoms with van der Waals surface area (Å²) >= 11 is 0. The van der Waals surface area contributed by atoms with Gasteiger partial charge in [-0.3, -0.25) is 4.79 Å². The Morgan fingerprint density at radius 3 is 3.06 bits per heavy atom. The van der Waals surface area contributed by atoms with E-state index in [0.717, 1.165) is 19.4 Å². The summed E-state index contributed by atoms with van der Waals surface area (Å²) in [6, 6.07) is 0.325. The van der Waals surface area contributed by atoms with E-state index in [-0.39, 0.29) is 18.4 Å². The molecule has 0 radical (unpaired) electrons. The number of rotatable bonds is 2. The van der Waals surface area contributed by atoms with Crippen LogP contribution in [0.2, 0.25) is 0 Å². The number of amides is 1. The van der Waals surface area contributed by atoms with Crippen molar-refractivity contribution in [2.75, 3.05) is 12.3 Å². The third kappa shape index (κ3) is 2.95. The smallest absolute Gasteiger partial charge is 0.244 e. The summed E-state index contributed by atoms with van der Waals surface area (Å²) in [6.45, 7) is 3.19. The van der Waals surface area contributed by atoms with Gasteiger partial charge in [-0.15, -0.1) is 5.10 Å². The van der Waals surface area contributed by atoms with Crippen molar-refractivity contribution in [1.82, 2.24) is 19.7 Å². The lowest BCUT2D eigenvalue weighted by atomic mass is 10.1. The van der Waals surface area contributed by atoms with Crippen molar-refractivity contribution in [3.8, 4) is 0 Å². The van der Waals surface area contributed by atoms with Crippen LogP contribution in [0, 0.1) is 0 Å². The van der Waals surface area contributed by atoms with Gasteiger partial charge in [0, 0.05) is 12.6 Å². The average molecular weight is 237 g/mol. The fourth-order valence-electron chi connectivity index (χ4n) is 2.26. The summed E-state index contributed by atoms with van der Waals surface area (Å²) in [4.78, 5) is 17.9. The predicted octanol–water partition coefficient (Wildman–Crippen LogP) is 0.651. The molecule has 1 aliphatic rings. The zero-order valence-corrected chi connectivity index (χ0v) is 10.2. The first-order valence-electron chi connectivity index (χ1n) is 6.11. The normalized spacial score (nSPS) is 21.2. The van der Waals surface area contributed by atoms with E-state index in [2.05, 4.69) is 17.0 Å². The van der Waals surface area contributed by atoms with Gasteiger partial charge in [0.05, 0.1) is 0 Å². The van der Waals surface area contributed by atoms with Crippen molar-refractivity contribution in [3.63, 3.8) is 0 Å². The molecular weight excluding hydrogens is 218 g/mol. The Morgan fingerprint density at radius 2 is 2.35 bits per heavy atom. The van der Waals surface area contributed by atoms with Crippen LogP contribution in [0.25, 0.3) is 0 Å². The van der Waals surface area contributed by atoms with Crippen LogP contribution in [0.4, 0.5) is 5.95 Å². The highest BCUT2D eigenvalue weighted by atomic mass is 16.2. The first-order valence-corrected chi connectivity index (χ1v) is 6.11. The van der Waals surface area contributed by atoms with Crippen LogP contribution in [-0.2, 0) is 11.3 Å². The second kappa shape index (κ2) is 5.16. The summed E-state index contributed by atoms with van der Waals surface area (Å²) in [5.74, 6) is 0.311. The average Bonchev–Trinajstić information content (AvgIpc) is 2.57. The fraction of sp³-hybridized carbons (Fsp3) is 0.727. The summed E-state index contributed by atoms with van der Waals surface area (Å²) in [7, 11) is 0. The number of hydrogen-bond donors (Lipinski definition) is 1. The molecule has 6 nitrogen and oxygen atoms in total. The van der Waals surface area contributed by atoms with Gasteiger partial charge in [-0.25, -0.2) is 9.67 Å². The minimum absolute atomic E-state index is 0.101. The zero-order valence-electron chi connectivity index (χ0n) is 10.2. The molecule has 0 saturated carbocycles. The van der Waals surface area contributed by atoms with E-state index in [9.17, 15) is 4.79 Å². The van der Waals surface area contributed by atoms with Gasteiger partial charge in [0.2, 0.25) is 11.9 Å². The quantitative estimate of drug-likeness (QED) is 0.819. The van der Waals surface area contributed by atoms with Gasteiger partial charge >= 0.3 is 0 Å². The van der Waals surface area contributed by atoms with Crippen molar-refractivity contribution in [2.45, 2.75) is 45.2 Å². The van der Waals surface area contributed by atoms with Gasteiger partial charge in [-0.05, 0) is 19.8 Å². The minimum atomic E-state index is 0.101. The fourth-order valence-corrected chi connectivity index (χ4v) is 2.26. The van der Waals surface area contributed by atoms with Gasteiger partial charge in [-0.2, -0.15) is 0 Å². The van der Waals surface area contributed by atoms with E-state index >= 15 is 0 Å². The molecule has 2 heterocycles. The molecule has 2 rings (SSSR count). The molecule has 0 spiro atoms. The number of nitrogens with two attached hydrogens (primary N) is 1.